The van der Waals surface area contributed by atoms with Gasteiger partial charge in [0, 0.05) is 43.9 Å². The fraction of sp³-hybridized carbons (Fsp3) is 0.875. The van der Waals surface area contributed by atoms with Crippen molar-refractivity contribution in [2.45, 2.75) is 137 Å². The highest BCUT2D eigenvalue weighted by atomic mass is 32.3. The molecule has 0 radical (unpaired) electrons. The Morgan fingerprint density at radius 2 is 1.36 bits per heavy atom. The van der Waals surface area contributed by atoms with E-state index in [0.29, 0.717) is 43.9 Å². The molecule has 0 aromatic heterocycles. The zero-order chi connectivity index (χ0) is 47.4. The minimum Gasteiger partial charge on any atom is -0.387 e. The third kappa shape index (κ3) is 17.9. The van der Waals surface area contributed by atoms with Crippen molar-refractivity contribution in [3.8, 4) is 0 Å². The molecule has 370 valence electrons. The molecule has 0 saturated carbocycles. The molecule has 4 fully saturated rings. The van der Waals surface area contributed by atoms with Crippen LogP contribution in [0.1, 0.15) is 58.3 Å². The van der Waals surface area contributed by atoms with Gasteiger partial charge in [0.25, 0.3) is 0 Å². The Kier molecular flexibility index (Phi) is 20.6. The van der Waals surface area contributed by atoms with E-state index in [1.165, 1.54) is 0 Å². The molecule has 0 spiro atoms. The molecule has 4 saturated heterocycles. The van der Waals surface area contributed by atoms with E-state index in [1.54, 1.807) is 0 Å². The zero-order valence-corrected chi connectivity index (χ0v) is 37.4. The van der Waals surface area contributed by atoms with Crippen LogP contribution in [0, 0.1) is 0 Å². The predicted octanol–water partition coefficient (Wildman–Crippen LogP) is -4.23. The summed E-state index contributed by atoms with van der Waals surface area (Å²) in [4.78, 5) is 48.8. The molecule has 4 heterocycles. The molecular weight excluding hydrogens is 951 g/mol. The summed E-state index contributed by atoms with van der Waals surface area (Å²) >= 11 is 1.82. The second-order valence-electron chi connectivity index (χ2n) is 15.0. The van der Waals surface area contributed by atoms with Crippen LogP contribution in [0.15, 0.2) is 0 Å². The van der Waals surface area contributed by atoms with Crippen molar-refractivity contribution in [2.75, 3.05) is 38.7 Å². The lowest BCUT2D eigenvalue weighted by Gasteiger charge is -2.48. The molecule has 13 atom stereocenters. The summed E-state index contributed by atoms with van der Waals surface area (Å²) in [6.45, 7) is -1.71. The fourth-order valence-electron chi connectivity index (χ4n) is 7.25. The van der Waals surface area contributed by atoms with Crippen molar-refractivity contribution >= 4 is 66.7 Å². The van der Waals surface area contributed by atoms with Crippen LogP contribution < -0.4 is 26.6 Å². The van der Waals surface area contributed by atoms with E-state index in [4.69, 9.17) is 27.7 Å². The van der Waals surface area contributed by atoms with Crippen molar-refractivity contribution in [1.29, 1.82) is 0 Å². The Morgan fingerprint density at radius 1 is 0.750 bits per heavy atom. The molecule has 4 rings (SSSR count). The average molecular weight is 1010 g/mol. The van der Waals surface area contributed by atoms with Crippen molar-refractivity contribution in [2.24, 2.45) is 0 Å². The lowest BCUT2D eigenvalue weighted by Crippen LogP contribution is -2.69. The Bertz CT molecular complexity index is 1920. The molecule has 0 aromatic rings. The summed E-state index contributed by atoms with van der Waals surface area (Å²) in [5.41, 5.74) is 0. The van der Waals surface area contributed by atoms with E-state index >= 15 is 0 Å². The second kappa shape index (κ2) is 24.4. The van der Waals surface area contributed by atoms with Gasteiger partial charge >= 0.3 is 37.2 Å². The molecule has 4 aliphatic heterocycles. The molecule has 4 aliphatic rings. The van der Waals surface area contributed by atoms with Crippen molar-refractivity contribution in [3.63, 3.8) is 0 Å². The van der Waals surface area contributed by atoms with Crippen molar-refractivity contribution < 1.29 is 105 Å². The number of carbonyl (C=O) groups is 4. The molecule has 3 unspecified atom stereocenters. The highest BCUT2D eigenvalue weighted by Gasteiger charge is 2.54. The number of hydrogen-bond donors (Lipinski definition) is 11. The molecule has 0 bridgehead atoms. The molecule has 0 aliphatic carbocycles. The van der Waals surface area contributed by atoms with Crippen LogP contribution in [0.2, 0.25) is 0 Å². The highest BCUT2D eigenvalue weighted by molar-refractivity contribution is 8.00. The number of urea groups is 1. The maximum atomic E-state index is 12.6. The zero-order valence-electron chi connectivity index (χ0n) is 34.2. The van der Waals surface area contributed by atoms with Crippen LogP contribution in [0.5, 0.6) is 0 Å². The van der Waals surface area contributed by atoms with E-state index in [2.05, 4.69) is 35.0 Å². The standard InChI is InChI=1S/C32H55N5O23S4/c1-16(38)35-24-29(59-31-27(43)26(42)25(41)18(57-31)13-55-62(45,46)47)28(60-64(51,52)53)19(14-56-63(48,49)50)58-30(24)54-12-11-34-22(40)8-3-2-6-10-33-21(39)9-5-4-7-20-23-17(15-61-20)36-32(44)37-23/h17-20,23-31,41-43H,2-15H2,1H3,(H,33,39)(H,34,40)(H,35,38)(H2,36,37,44)(H,45,46,47)(H,48,49,50)(H,51,52,53)/t17?,18-,19-,20?,23?,24-,25-,26+,27-,28+,29-,30-,31+/m1/s1. The number of aliphatic hydroxyl groups excluding tert-OH is 3. The van der Waals surface area contributed by atoms with Gasteiger partial charge in [-0.2, -0.15) is 37.0 Å². The third-order valence-corrected chi connectivity index (χ3v) is 13.0. The SMILES string of the molecule is CC(=O)N[C@H]1[C@H](OCCNC(=O)CCCCCNC(=O)CCCCC2SCC3NC(=O)NC32)O[C@H](COS(=O)(=O)O)[C@H](OS(=O)(=O)O)[C@@H]1O[C@@H]1O[C@H](COS(=O)(=O)O)[C@@H](O)[C@H](O)[C@H]1O. The predicted molar refractivity (Wildman–Crippen MR) is 214 cm³/mol. The van der Waals surface area contributed by atoms with Crippen LogP contribution in [-0.2, 0) is 77.1 Å². The monoisotopic (exact) mass is 1010 g/mol. The summed E-state index contributed by atoms with van der Waals surface area (Å²) in [5.74, 6) is -0.504. The lowest BCUT2D eigenvalue weighted by atomic mass is 9.95. The van der Waals surface area contributed by atoms with Crippen LogP contribution >= 0.6 is 11.8 Å². The first-order valence-electron chi connectivity index (χ1n) is 19.9. The van der Waals surface area contributed by atoms with Gasteiger partial charge in [-0.15, -0.1) is 0 Å². The van der Waals surface area contributed by atoms with Gasteiger partial charge in [-0.05, 0) is 25.7 Å². The number of fused-ring (bicyclic) bond motifs is 1. The van der Waals surface area contributed by atoms with Crippen LogP contribution in [0.4, 0.5) is 4.79 Å². The maximum Gasteiger partial charge on any atom is 0.397 e. The molecule has 5 amide bonds. The van der Waals surface area contributed by atoms with Gasteiger partial charge in [-0.3, -0.25) is 28.0 Å². The summed E-state index contributed by atoms with van der Waals surface area (Å²) in [6.07, 6.45) is -14.3. The fourth-order valence-corrected chi connectivity index (χ4v) is 9.92. The number of rotatable bonds is 26. The molecule has 11 N–H and O–H groups in total. The largest absolute Gasteiger partial charge is 0.397 e. The number of carbonyl (C=O) groups excluding carboxylic acids is 4. The van der Waals surface area contributed by atoms with E-state index in [1.807, 2.05) is 11.8 Å². The van der Waals surface area contributed by atoms with Crippen LogP contribution in [0.3, 0.4) is 0 Å². The Labute approximate surface area is 372 Å². The number of ether oxygens (including phenoxy) is 4. The van der Waals surface area contributed by atoms with E-state index < -0.39 is 124 Å². The number of nitrogens with one attached hydrogen (secondary N) is 5. The number of amides is 5. The number of thioether (sulfide) groups is 1. The highest BCUT2D eigenvalue weighted by Crippen LogP contribution is 2.34. The third-order valence-electron chi connectivity index (χ3n) is 10.2. The molecule has 0 aromatic carbocycles. The van der Waals surface area contributed by atoms with E-state index in [9.17, 15) is 68.9 Å². The normalized spacial score (nSPS) is 32.0. The Morgan fingerprint density at radius 3 is 1.98 bits per heavy atom. The smallest absolute Gasteiger partial charge is 0.387 e. The second-order valence-corrected chi connectivity index (χ2v) is 19.5. The number of unbranched alkanes of at least 4 members (excludes halogenated alkanes) is 3. The minimum atomic E-state index is -5.55. The topological polar surface area (TPSA) is 417 Å². The first-order chi connectivity index (χ1) is 29.9. The van der Waals surface area contributed by atoms with Crippen LogP contribution in [-0.4, -0.2) is 195 Å². The number of hydrogen-bond acceptors (Lipinski definition) is 21. The van der Waals surface area contributed by atoms with Gasteiger partial charge in [0.2, 0.25) is 17.7 Å². The lowest BCUT2D eigenvalue weighted by molar-refractivity contribution is -0.341. The van der Waals surface area contributed by atoms with Crippen LogP contribution in [0.25, 0.3) is 0 Å². The minimum absolute atomic E-state index is 0.0825. The van der Waals surface area contributed by atoms with E-state index in [0.717, 1.165) is 25.5 Å². The van der Waals surface area contributed by atoms with Crippen molar-refractivity contribution in [3.05, 3.63) is 0 Å². The van der Waals surface area contributed by atoms with Crippen molar-refractivity contribution in [1.82, 2.24) is 26.6 Å². The summed E-state index contributed by atoms with van der Waals surface area (Å²) in [7, 11) is -16.0. The van der Waals surface area contributed by atoms with Gasteiger partial charge < -0.3 is 60.9 Å². The summed E-state index contributed by atoms with van der Waals surface area (Å²) < 4.78 is 133. The Balaban J connectivity index is 1.29. The van der Waals surface area contributed by atoms with Gasteiger partial charge in [0.15, 0.2) is 12.6 Å². The average Bonchev–Trinajstić information content (AvgIpc) is 3.74. The van der Waals surface area contributed by atoms with Gasteiger partial charge in [0.05, 0.1) is 31.9 Å². The Hall–Kier alpha value is -2.64. The summed E-state index contributed by atoms with van der Waals surface area (Å²) in [5, 5.41) is 45.5. The molecule has 28 nitrogen and oxygen atoms in total. The molecule has 32 heteroatoms. The molecule has 64 heavy (non-hydrogen) atoms. The number of aliphatic hydroxyl groups is 3. The summed E-state index contributed by atoms with van der Waals surface area (Å²) in [6, 6.07) is -1.65. The maximum absolute atomic E-state index is 12.6. The molecular formula is C32H55N5O23S4. The van der Waals surface area contributed by atoms with Gasteiger partial charge in [0.1, 0.15) is 48.8 Å². The van der Waals surface area contributed by atoms with Gasteiger partial charge in [-0.25, -0.2) is 17.3 Å². The first kappa shape index (κ1) is 54.0. The van der Waals surface area contributed by atoms with Gasteiger partial charge in [-0.1, -0.05) is 12.8 Å². The quantitative estimate of drug-likeness (QED) is 0.0222. The van der Waals surface area contributed by atoms with E-state index in [-0.39, 0.29) is 37.0 Å². The first-order valence-corrected chi connectivity index (χ1v) is 25.1.